The Morgan fingerprint density at radius 1 is 1.00 bits per heavy atom. The van der Waals surface area contributed by atoms with Crippen LogP contribution in [0, 0.1) is 17.3 Å². The Bertz CT molecular complexity index is 1110. The van der Waals surface area contributed by atoms with Gasteiger partial charge in [-0.05, 0) is 62.0 Å². The number of carbonyl (C=O) groups is 2. The first-order valence-electron chi connectivity index (χ1n) is 15.1. The van der Waals surface area contributed by atoms with Crippen LogP contribution in [0.2, 0.25) is 0 Å². The van der Waals surface area contributed by atoms with E-state index in [4.69, 9.17) is 5.73 Å². The third-order valence-corrected chi connectivity index (χ3v) is 8.46. The minimum atomic E-state index is -0.674. The molecule has 0 aromatic heterocycles. The molecular weight excluding hydrogens is 510 g/mol. The maximum Gasteiger partial charge on any atom is 0.315 e. The Labute approximate surface area is 248 Å². The third-order valence-electron chi connectivity index (χ3n) is 8.46. The van der Waals surface area contributed by atoms with Crippen molar-refractivity contribution < 1.29 is 9.59 Å². The molecule has 1 saturated heterocycles. The molecule has 0 radical (unpaired) electrons. The molecule has 0 bridgehead atoms. The van der Waals surface area contributed by atoms with Crippen LogP contribution in [0.15, 0.2) is 67.0 Å². The molecule has 1 heterocycles. The van der Waals surface area contributed by atoms with Gasteiger partial charge < -0.3 is 26.6 Å². The zero-order chi connectivity index (χ0) is 30.5. The first kappa shape index (κ1) is 32.3. The molecule has 3 rings (SSSR count). The first-order valence-corrected chi connectivity index (χ1v) is 15.1. The monoisotopic (exact) mass is 563 g/mol. The number of urea groups is 1. The Kier molecular flexibility index (Phi) is 10.4. The van der Waals surface area contributed by atoms with E-state index in [9.17, 15) is 9.59 Å². The van der Waals surface area contributed by atoms with Gasteiger partial charge in [-0.25, -0.2) is 4.79 Å². The molecule has 226 valence electrons. The summed E-state index contributed by atoms with van der Waals surface area (Å²) in [6.45, 7) is 25.5. The predicted molar refractivity (Wildman–Crippen MR) is 169 cm³/mol. The van der Waals surface area contributed by atoms with E-state index in [0.29, 0.717) is 24.7 Å². The van der Waals surface area contributed by atoms with Crippen molar-refractivity contribution in [2.75, 3.05) is 13.1 Å². The molecule has 1 aliphatic carbocycles. The lowest BCUT2D eigenvalue weighted by molar-refractivity contribution is -0.137. The number of hydrogen-bond donors (Lipinski definition) is 4. The summed E-state index contributed by atoms with van der Waals surface area (Å²) < 4.78 is 0. The van der Waals surface area contributed by atoms with Crippen molar-refractivity contribution >= 4 is 11.9 Å². The average molecular weight is 564 g/mol. The summed E-state index contributed by atoms with van der Waals surface area (Å²) >= 11 is 0. The van der Waals surface area contributed by atoms with Crippen molar-refractivity contribution in [1.29, 1.82) is 0 Å². The van der Waals surface area contributed by atoms with Crippen molar-refractivity contribution in [1.82, 2.24) is 20.9 Å². The minimum Gasteiger partial charge on any atom is -0.399 e. The minimum absolute atomic E-state index is 0.0261. The normalized spacial score (nSPS) is 21.2. The second-order valence-electron chi connectivity index (χ2n) is 14.1. The second kappa shape index (κ2) is 13.2. The van der Waals surface area contributed by atoms with Gasteiger partial charge in [-0.1, -0.05) is 90.1 Å². The highest BCUT2D eigenvalue weighted by molar-refractivity contribution is 5.88. The highest BCUT2D eigenvalue weighted by Gasteiger charge is 2.41. The molecule has 2 fully saturated rings. The van der Waals surface area contributed by atoms with Gasteiger partial charge >= 0.3 is 6.03 Å². The van der Waals surface area contributed by atoms with Crippen LogP contribution in [0.25, 0.3) is 0 Å². The summed E-state index contributed by atoms with van der Waals surface area (Å²) in [4.78, 5) is 28.8. The van der Waals surface area contributed by atoms with E-state index < -0.39 is 17.0 Å². The number of carbonyl (C=O) groups excluding carboxylic acids is 2. The van der Waals surface area contributed by atoms with Crippen molar-refractivity contribution in [2.24, 2.45) is 23.0 Å². The number of amides is 3. The Morgan fingerprint density at radius 3 is 2.15 bits per heavy atom. The molecule has 1 aromatic rings. The smallest absolute Gasteiger partial charge is 0.315 e. The van der Waals surface area contributed by atoms with Gasteiger partial charge in [0.15, 0.2) is 0 Å². The zero-order valence-electron chi connectivity index (χ0n) is 26.2. The summed E-state index contributed by atoms with van der Waals surface area (Å²) in [5.74, 6) is 0.742. The first-order chi connectivity index (χ1) is 19.1. The molecule has 7 nitrogen and oxygen atoms in total. The largest absolute Gasteiger partial charge is 0.399 e. The molecule has 1 saturated carbocycles. The van der Waals surface area contributed by atoms with Crippen LogP contribution in [0.1, 0.15) is 85.1 Å². The molecule has 0 spiro atoms. The van der Waals surface area contributed by atoms with Gasteiger partial charge in [0.2, 0.25) is 5.91 Å². The number of piperidine rings is 1. The number of nitrogens with zero attached hydrogens (tertiary/aromatic N) is 1. The van der Waals surface area contributed by atoms with Crippen molar-refractivity contribution in [3.05, 3.63) is 72.6 Å². The van der Waals surface area contributed by atoms with Crippen LogP contribution in [-0.2, 0) is 4.79 Å². The number of hydrogen-bond acceptors (Lipinski definition) is 4. The molecule has 7 heteroatoms. The molecule has 1 unspecified atom stereocenters. The number of nitrogens with one attached hydrogen (secondary N) is 3. The van der Waals surface area contributed by atoms with E-state index in [2.05, 4.69) is 60.0 Å². The van der Waals surface area contributed by atoms with Crippen LogP contribution in [-0.4, -0.2) is 47.6 Å². The summed E-state index contributed by atoms with van der Waals surface area (Å²) in [6, 6.07) is 9.41. The zero-order valence-corrected chi connectivity index (χ0v) is 26.2. The highest BCUT2D eigenvalue weighted by Crippen LogP contribution is 2.38. The van der Waals surface area contributed by atoms with E-state index in [1.807, 2.05) is 52.5 Å². The number of likely N-dealkylation sites (tertiary alicyclic amines) is 1. The predicted octanol–water partition coefficient (Wildman–Crippen LogP) is 5.82. The lowest BCUT2D eigenvalue weighted by atomic mass is 9.76. The molecule has 1 aromatic carbocycles. The second-order valence-corrected chi connectivity index (χ2v) is 14.1. The molecule has 41 heavy (non-hydrogen) atoms. The molecule has 2 aliphatic rings. The van der Waals surface area contributed by atoms with Gasteiger partial charge in [0, 0.05) is 35.9 Å². The van der Waals surface area contributed by atoms with E-state index in [1.54, 1.807) is 0 Å². The van der Waals surface area contributed by atoms with E-state index >= 15 is 0 Å². The van der Waals surface area contributed by atoms with Gasteiger partial charge in [0.25, 0.3) is 0 Å². The average Bonchev–Trinajstić information content (AvgIpc) is 2.86. The summed E-state index contributed by atoms with van der Waals surface area (Å²) in [7, 11) is 0. The Balaban J connectivity index is 1.85. The lowest BCUT2D eigenvalue weighted by Gasteiger charge is -2.44. The molecule has 3 amide bonds. The van der Waals surface area contributed by atoms with Gasteiger partial charge in [0.05, 0.1) is 6.04 Å². The van der Waals surface area contributed by atoms with Gasteiger partial charge in [0.1, 0.15) is 6.04 Å². The fraction of sp³-hybridized carbons (Fsp3) is 0.588. The van der Waals surface area contributed by atoms with Crippen LogP contribution >= 0.6 is 0 Å². The fourth-order valence-corrected chi connectivity index (χ4v) is 5.85. The topological polar surface area (TPSA) is 99.5 Å². The summed E-state index contributed by atoms with van der Waals surface area (Å²) in [6.07, 6.45) is 5.44. The third kappa shape index (κ3) is 8.88. The lowest BCUT2D eigenvalue weighted by Crippen LogP contribution is -2.60. The maximum atomic E-state index is 14.1. The van der Waals surface area contributed by atoms with Gasteiger partial charge in [-0.15, -0.1) is 0 Å². The van der Waals surface area contributed by atoms with Crippen LogP contribution in [0.4, 0.5) is 4.79 Å². The summed E-state index contributed by atoms with van der Waals surface area (Å²) in [5, 5.41) is 9.60. The standard InChI is InChI=1S/C34H53N5O2/c1-22(23(2)35)29(20-25-14-13-15-25)36-24(3)28-21-39(19-18-27(28)26-16-11-10-12-17-26)31(40)30(33(4,5)6)37-32(41)38-34(7,8)9/h10-12,16-17,25,27-30,36H,1-3,13-15,18-21,35H2,4-9H3,(H2,37,38,41)/t27-,28+,29?,30+/m0/s1. The van der Waals surface area contributed by atoms with Gasteiger partial charge in [-0.2, -0.15) is 0 Å². The number of rotatable bonds is 10. The Hall–Kier alpha value is -3.22. The van der Waals surface area contributed by atoms with Crippen LogP contribution in [0.3, 0.4) is 0 Å². The van der Waals surface area contributed by atoms with Crippen molar-refractivity contribution in [3.8, 4) is 0 Å². The molecule has 5 N–H and O–H groups in total. The molecule has 4 atom stereocenters. The van der Waals surface area contributed by atoms with E-state index in [-0.39, 0.29) is 29.8 Å². The van der Waals surface area contributed by atoms with Crippen LogP contribution < -0.4 is 21.7 Å². The highest BCUT2D eigenvalue weighted by atomic mass is 16.2. The maximum absolute atomic E-state index is 14.1. The van der Waals surface area contributed by atoms with Crippen molar-refractivity contribution in [2.45, 2.75) is 97.2 Å². The van der Waals surface area contributed by atoms with E-state index in [1.165, 1.54) is 24.8 Å². The molecular formula is C34H53N5O2. The van der Waals surface area contributed by atoms with E-state index in [0.717, 1.165) is 24.1 Å². The van der Waals surface area contributed by atoms with Crippen molar-refractivity contribution in [3.63, 3.8) is 0 Å². The quantitative estimate of drug-likeness (QED) is 0.270. The Morgan fingerprint density at radius 2 is 1.63 bits per heavy atom. The fourth-order valence-electron chi connectivity index (χ4n) is 5.85. The number of benzene rings is 1. The SMILES string of the molecule is C=C(N)C(=C)C(CC1CCC1)NC(=C)[C@H]1CN(C(=O)[C@@H](NC(=O)NC(C)(C)C)C(C)(C)C)CC[C@H]1c1ccccc1. The summed E-state index contributed by atoms with van der Waals surface area (Å²) in [5.41, 5.74) is 8.63. The van der Waals surface area contributed by atoms with Crippen LogP contribution in [0.5, 0.6) is 0 Å². The number of nitrogens with two attached hydrogens (primary N) is 1. The molecule has 1 aliphatic heterocycles. The van der Waals surface area contributed by atoms with Gasteiger partial charge in [-0.3, -0.25) is 4.79 Å².